The molecular weight excluding hydrogens is 553 g/mol. The van der Waals surface area contributed by atoms with Gasteiger partial charge in [0.2, 0.25) is 11.8 Å². The normalized spacial score (nSPS) is 14.5. The first-order chi connectivity index (χ1) is 19.1. The minimum Gasteiger partial charge on any atom is -0.352 e. The second kappa shape index (κ2) is 12.8. The molecule has 0 aliphatic heterocycles. The van der Waals surface area contributed by atoms with Crippen LogP contribution in [0.4, 0.5) is 10.1 Å². The Morgan fingerprint density at radius 3 is 2.25 bits per heavy atom. The minimum atomic E-state index is -4.21. The fraction of sp³-hybridized carbons (Fsp3) is 0.333. The maximum absolute atomic E-state index is 13.9. The predicted molar refractivity (Wildman–Crippen MR) is 154 cm³/mol. The van der Waals surface area contributed by atoms with E-state index in [9.17, 15) is 22.4 Å². The molecule has 40 heavy (non-hydrogen) atoms. The molecule has 0 heterocycles. The molecule has 0 aromatic heterocycles. The van der Waals surface area contributed by atoms with E-state index in [4.69, 9.17) is 11.6 Å². The van der Waals surface area contributed by atoms with Crippen molar-refractivity contribution in [3.8, 4) is 0 Å². The van der Waals surface area contributed by atoms with E-state index in [1.807, 2.05) is 6.92 Å². The van der Waals surface area contributed by atoms with Crippen LogP contribution in [0.2, 0.25) is 5.02 Å². The van der Waals surface area contributed by atoms with Gasteiger partial charge in [-0.2, -0.15) is 0 Å². The highest BCUT2D eigenvalue weighted by Crippen LogP contribution is 2.31. The Morgan fingerprint density at radius 2 is 1.62 bits per heavy atom. The van der Waals surface area contributed by atoms with Crippen molar-refractivity contribution in [1.82, 2.24) is 10.2 Å². The largest absolute Gasteiger partial charge is 0.352 e. The van der Waals surface area contributed by atoms with Gasteiger partial charge in [-0.25, -0.2) is 12.8 Å². The lowest BCUT2D eigenvalue weighted by atomic mass is 10.1. The lowest BCUT2D eigenvalue weighted by molar-refractivity contribution is -0.139. The number of aryl methyl sites for hydroxylation is 1. The summed E-state index contributed by atoms with van der Waals surface area (Å²) in [4.78, 5) is 28.5. The molecule has 2 amide bonds. The summed E-state index contributed by atoms with van der Waals surface area (Å²) in [5.74, 6) is -1.36. The van der Waals surface area contributed by atoms with Crippen molar-refractivity contribution >= 4 is 39.1 Å². The van der Waals surface area contributed by atoms with Crippen LogP contribution in [0.3, 0.4) is 0 Å². The number of amides is 2. The molecule has 1 aliphatic carbocycles. The number of anilines is 1. The van der Waals surface area contributed by atoms with E-state index < -0.39 is 34.3 Å². The van der Waals surface area contributed by atoms with E-state index >= 15 is 0 Å². The number of nitrogens with one attached hydrogen (secondary N) is 1. The van der Waals surface area contributed by atoms with E-state index in [1.54, 1.807) is 37.3 Å². The molecule has 0 bridgehead atoms. The zero-order valence-electron chi connectivity index (χ0n) is 22.5. The van der Waals surface area contributed by atoms with Gasteiger partial charge < -0.3 is 10.2 Å². The molecule has 3 aromatic rings. The van der Waals surface area contributed by atoms with E-state index in [0.717, 1.165) is 35.6 Å². The summed E-state index contributed by atoms with van der Waals surface area (Å²) < 4.78 is 42.3. The SMILES string of the molecule is Cc1ccc(S(=O)(=O)N(CC(=O)N(Cc2ccc(F)cc2)[C@H](C)C(=O)NC2CCCC2)c2ccccc2Cl)cc1. The molecule has 212 valence electrons. The maximum atomic E-state index is 13.9. The van der Waals surface area contributed by atoms with Crippen molar-refractivity contribution in [3.63, 3.8) is 0 Å². The van der Waals surface area contributed by atoms with Gasteiger partial charge in [0.25, 0.3) is 10.0 Å². The van der Waals surface area contributed by atoms with E-state index in [1.165, 1.54) is 47.4 Å². The van der Waals surface area contributed by atoms with E-state index in [-0.39, 0.29) is 34.1 Å². The minimum absolute atomic E-state index is 0.00271. The van der Waals surface area contributed by atoms with Crippen molar-refractivity contribution < 1.29 is 22.4 Å². The first kappa shape index (κ1) is 29.6. The Morgan fingerprint density at radius 1 is 1.00 bits per heavy atom. The third-order valence-corrected chi connectivity index (χ3v) is 9.24. The average molecular weight is 586 g/mol. The molecule has 7 nitrogen and oxygen atoms in total. The molecule has 0 radical (unpaired) electrons. The first-order valence-corrected chi connectivity index (χ1v) is 15.1. The summed E-state index contributed by atoms with van der Waals surface area (Å²) in [6, 6.07) is 17.4. The first-order valence-electron chi connectivity index (χ1n) is 13.2. The van der Waals surface area contributed by atoms with Crippen LogP contribution >= 0.6 is 11.6 Å². The number of halogens is 2. The molecule has 1 atom stereocenters. The summed E-state index contributed by atoms with van der Waals surface area (Å²) in [6.45, 7) is 2.85. The topological polar surface area (TPSA) is 86.8 Å². The monoisotopic (exact) mass is 585 g/mol. The van der Waals surface area contributed by atoms with Crippen molar-refractivity contribution in [2.75, 3.05) is 10.8 Å². The number of carbonyl (C=O) groups is 2. The Bertz CT molecular complexity index is 1440. The summed E-state index contributed by atoms with van der Waals surface area (Å²) in [7, 11) is -4.21. The molecule has 0 unspecified atom stereocenters. The van der Waals surface area contributed by atoms with Crippen LogP contribution in [-0.4, -0.2) is 43.8 Å². The second-order valence-corrected chi connectivity index (χ2v) is 12.4. The van der Waals surface area contributed by atoms with Crippen LogP contribution in [-0.2, 0) is 26.2 Å². The number of para-hydroxylation sites is 1. The summed E-state index contributed by atoms with van der Waals surface area (Å²) in [5, 5.41) is 3.17. The summed E-state index contributed by atoms with van der Waals surface area (Å²) in [5.41, 5.74) is 1.62. The second-order valence-electron chi connectivity index (χ2n) is 10.1. The molecular formula is C30H33ClFN3O4S. The number of nitrogens with zero attached hydrogens (tertiary/aromatic N) is 2. The maximum Gasteiger partial charge on any atom is 0.264 e. The molecule has 1 aliphatic rings. The van der Waals surface area contributed by atoms with Gasteiger partial charge in [-0.1, -0.05) is 66.4 Å². The number of carbonyl (C=O) groups excluding carboxylic acids is 2. The average Bonchev–Trinajstić information content (AvgIpc) is 3.44. The molecule has 1 saturated carbocycles. The Balaban J connectivity index is 1.69. The van der Waals surface area contributed by atoms with Gasteiger partial charge >= 0.3 is 0 Å². The fourth-order valence-corrected chi connectivity index (χ4v) is 6.49. The lowest BCUT2D eigenvalue weighted by Gasteiger charge is -2.32. The van der Waals surface area contributed by atoms with Crippen molar-refractivity contribution in [2.45, 2.75) is 63.1 Å². The summed E-state index contributed by atoms with van der Waals surface area (Å²) >= 11 is 6.42. The zero-order valence-corrected chi connectivity index (χ0v) is 24.1. The molecule has 4 rings (SSSR count). The molecule has 1 N–H and O–H groups in total. The van der Waals surface area contributed by atoms with Gasteiger partial charge in [0, 0.05) is 12.6 Å². The third-order valence-electron chi connectivity index (χ3n) is 7.14. The van der Waals surface area contributed by atoms with Crippen LogP contribution < -0.4 is 9.62 Å². The number of benzene rings is 3. The summed E-state index contributed by atoms with van der Waals surface area (Å²) in [6.07, 6.45) is 3.81. The van der Waals surface area contributed by atoms with Gasteiger partial charge in [0.1, 0.15) is 18.4 Å². The number of rotatable bonds is 10. The Kier molecular flexibility index (Phi) is 9.48. The Hall–Kier alpha value is -3.43. The quantitative estimate of drug-likeness (QED) is 0.342. The number of sulfonamides is 1. The van der Waals surface area contributed by atoms with Gasteiger partial charge in [-0.15, -0.1) is 0 Å². The van der Waals surface area contributed by atoms with Crippen LogP contribution in [0.1, 0.15) is 43.7 Å². The fourth-order valence-electron chi connectivity index (χ4n) is 4.77. The number of hydrogen-bond acceptors (Lipinski definition) is 4. The highest BCUT2D eigenvalue weighted by Gasteiger charge is 2.34. The third kappa shape index (κ3) is 7.01. The molecule has 0 saturated heterocycles. The van der Waals surface area contributed by atoms with Crippen LogP contribution in [0.25, 0.3) is 0 Å². The standard InChI is InChI=1S/C30H33ClFN3O4S/c1-21-11-17-26(18-12-21)40(38,39)35(28-10-6-5-9-27(28)31)20-29(36)34(19-23-13-15-24(32)16-14-23)22(2)30(37)33-25-7-3-4-8-25/h5-6,9-18,22,25H,3-4,7-8,19-20H2,1-2H3,(H,33,37)/t22-/m1/s1. The zero-order chi connectivity index (χ0) is 28.9. The number of hydrogen-bond donors (Lipinski definition) is 1. The van der Waals surface area contributed by atoms with Gasteiger partial charge in [0.05, 0.1) is 15.6 Å². The highest BCUT2D eigenvalue weighted by atomic mass is 35.5. The smallest absolute Gasteiger partial charge is 0.264 e. The predicted octanol–water partition coefficient (Wildman–Crippen LogP) is 5.46. The lowest BCUT2D eigenvalue weighted by Crippen LogP contribution is -2.52. The van der Waals surface area contributed by atoms with Gasteiger partial charge in [0.15, 0.2) is 0 Å². The molecule has 10 heteroatoms. The highest BCUT2D eigenvalue weighted by molar-refractivity contribution is 7.92. The van der Waals surface area contributed by atoms with Gasteiger partial charge in [-0.05, 0) is 68.7 Å². The van der Waals surface area contributed by atoms with Crippen LogP contribution in [0.5, 0.6) is 0 Å². The van der Waals surface area contributed by atoms with Gasteiger partial charge in [-0.3, -0.25) is 13.9 Å². The molecule has 1 fully saturated rings. The molecule has 0 spiro atoms. The van der Waals surface area contributed by atoms with Crippen LogP contribution in [0.15, 0.2) is 77.7 Å². The van der Waals surface area contributed by atoms with E-state index in [0.29, 0.717) is 5.56 Å². The Labute approximate surface area is 240 Å². The molecule has 3 aromatic carbocycles. The van der Waals surface area contributed by atoms with Crippen LogP contribution in [0, 0.1) is 12.7 Å². The van der Waals surface area contributed by atoms with Crippen molar-refractivity contribution in [2.24, 2.45) is 0 Å². The van der Waals surface area contributed by atoms with Crippen molar-refractivity contribution in [1.29, 1.82) is 0 Å². The van der Waals surface area contributed by atoms with Crippen molar-refractivity contribution in [3.05, 3.63) is 94.8 Å². The van der Waals surface area contributed by atoms with E-state index in [2.05, 4.69) is 5.32 Å².